The van der Waals surface area contributed by atoms with E-state index in [1.165, 1.54) is 0 Å². The van der Waals surface area contributed by atoms with E-state index in [0.29, 0.717) is 24.5 Å². The largest absolute Gasteiger partial charge is 0.461 e. The quantitative estimate of drug-likeness (QED) is 0.533. The van der Waals surface area contributed by atoms with Gasteiger partial charge in [-0.25, -0.2) is 0 Å². The fourth-order valence-corrected chi connectivity index (χ4v) is 3.70. The van der Waals surface area contributed by atoms with Gasteiger partial charge in [0.25, 0.3) is 11.1 Å². The lowest BCUT2D eigenvalue weighted by Gasteiger charge is -2.28. The molecule has 0 bridgehead atoms. The second-order valence-corrected chi connectivity index (χ2v) is 7.66. The van der Waals surface area contributed by atoms with E-state index < -0.39 is 17.1 Å². The van der Waals surface area contributed by atoms with E-state index in [4.69, 9.17) is 9.47 Å². The Bertz CT molecular complexity index is 771. The minimum absolute atomic E-state index is 0.243. The molecule has 2 heterocycles. The maximum absolute atomic E-state index is 12.5. The number of thioether (sulfide) groups is 1. The number of benzene rings is 1. The zero-order valence-corrected chi connectivity index (χ0v) is 16.9. The third-order valence-electron chi connectivity index (χ3n) is 4.64. The van der Waals surface area contributed by atoms with Gasteiger partial charge in [0.1, 0.15) is 6.54 Å². The molecule has 0 N–H and O–H groups in total. The van der Waals surface area contributed by atoms with Crippen LogP contribution in [0.25, 0.3) is 6.08 Å². The average molecular weight is 404 g/mol. The average Bonchev–Trinajstić information content (AvgIpc) is 2.96. The number of rotatable bonds is 6. The standard InChI is InChI=1S/C20H24N2O5S/c1-3-14(2)27-18(23)13-22-19(24)17(28-20(22)25)12-15-4-6-16(7-5-15)21-8-10-26-11-9-21/h4-7,12,14H,3,8-11,13H2,1-2H3/b17-12+/t14-/m1/s1. The van der Waals surface area contributed by atoms with Gasteiger partial charge in [0.15, 0.2) is 0 Å². The van der Waals surface area contributed by atoms with Gasteiger partial charge >= 0.3 is 5.97 Å². The fourth-order valence-electron chi connectivity index (χ4n) is 2.86. The normalized spacial score (nSPS) is 20.0. The van der Waals surface area contributed by atoms with Crippen molar-refractivity contribution in [3.8, 4) is 0 Å². The third kappa shape index (κ3) is 4.94. The van der Waals surface area contributed by atoms with Gasteiger partial charge < -0.3 is 14.4 Å². The van der Waals surface area contributed by atoms with Crippen molar-refractivity contribution in [3.63, 3.8) is 0 Å². The molecule has 2 aliphatic rings. The van der Waals surface area contributed by atoms with Crippen LogP contribution >= 0.6 is 11.8 Å². The predicted octanol–water partition coefficient (Wildman–Crippen LogP) is 2.90. The molecule has 0 saturated carbocycles. The Morgan fingerprint density at radius 1 is 1.25 bits per heavy atom. The van der Waals surface area contributed by atoms with Gasteiger partial charge in [0, 0.05) is 18.8 Å². The number of anilines is 1. The number of amides is 2. The molecule has 2 aliphatic heterocycles. The Morgan fingerprint density at radius 3 is 2.57 bits per heavy atom. The van der Waals surface area contributed by atoms with E-state index in [1.807, 2.05) is 31.2 Å². The van der Waals surface area contributed by atoms with Crippen molar-refractivity contribution in [2.75, 3.05) is 37.7 Å². The number of carbonyl (C=O) groups excluding carboxylic acids is 3. The summed E-state index contributed by atoms with van der Waals surface area (Å²) < 4.78 is 10.5. The van der Waals surface area contributed by atoms with Crippen molar-refractivity contribution in [1.29, 1.82) is 0 Å². The van der Waals surface area contributed by atoms with Crippen LogP contribution in [0.3, 0.4) is 0 Å². The van der Waals surface area contributed by atoms with Crippen LogP contribution in [-0.4, -0.2) is 61.0 Å². The van der Waals surface area contributed by atoms with Gasteiger partial charge in [-0.15, -0.1) is 0 Å². The van der Waals surface area contributed by atoms with Gasteiger partial charge in [-0.3, -0.25) is 19.3 Å². The SMILES string of the molecule is CC[C@@H](C)OC(=O)CN1C(=O)S/C(=C/c2ccc(N3CCOCC3)cc2)C1=O. The summed E-state index contributed by atoms with van der Waals surface area (Å²) in [6.45, 7) is 6.44. The van der Waals surface area contributed by atoms with Gasteiger partial charge in [0.05, 0.1) is 24.2 Å². The van der Waals surface area contributed by atoms with Gasteiger partial charge in [-0.05, 0) is 48.9 Å². The van der Waals surface area contributed by atoms with Gasteiger partial charge in [0.2, 0.25) is 0 Å². The molecule has 150 valence electrons. The summed E-state index contributed by atoms with van der Waals surface area (Å²) in [5.74, 6) is -1.04. The molecule has 0 aromatic heterocycles. The van der Waals surface area contributed by atoms with Crippen molar-refractivity contribution in [1.82, 2.24) is 4.90 Å². The molecule has 2 saturated heterocycles. The van der Waals surface area contributed by atoms with Crippen LogP contribution in [0, 0.1) is 0 Å². The van der Waals surface area contributed by atoms with Crippen molar-refractivity contribution in [3.05, 3.63) is 34.7 Å². The molecule has 7 nitrogen and oxygen atoms in total. The Balaban J connectivity index is 1.65. The van der Waals surface area contributed by atoms with Gasteiger partial charge in [-0.1, -0.05) is 19.1 Å². The zero-order valence-electron chi connectivity index (χ0n) is 16.1. The highest BCUT2D eigenvalue weighted by atomic mass is 32.2. The lowest BCUT2D eigenvalue weighted by Crippen LogP contribution is -2.36. The summed E-state index contributed by atoms with van der Waals surface area (Å²) in [5, 5.41) is -0.456. The maximum Gasteiger partial charge on any atom is 0.326 e. The second-order valence-electron chi connectivity index (χ2n) is 6.67. The number of ether oxygens (including phenoxy) is 2. The highest BCUT2D eigenvalue weighted by Gasteiger charge is 2.36. The predicted molar refractivity (Wildman–Crippen MR) is 108 cm³/mol. The first-order valence-electron chi connectivity index (χ1n) is 9.35. The number of carbonyl (C=O) groups is 3. The molecule has 28 heavy (non-hydrogen) atoms. The number of nitrogens with zero attached hydrogens (tertiary/aromatic N) is 2. The van der Waals surface area contributed by atoms with Gasteiger partial charge in [-0.2, -0.15) is 0 Å². The first-order valence-corrected chi connectivity index (χ1v) is 10.2. The lowest BCUT2D eigenvalue weighted by molar-refractivity contribution is -0.150. The first-order chi connectivity index (χ1) is 13.5. The smallest absolute Gasteiger partial charge is 0.326 e. The second kappa shape index (κ2) is 9.25. The van der Waals surface area contributed by atoms with Crippen molar-refractivity contribution in [2.45, 2.75) is 26.4 Å². The molecule has 2 fully saturated rings. The van der Waals surface area contributed by atoms with E-state index in [9.17, 15) is 14.4 Å². The van der Waals surface area contributed by atoms with Crippen LogP contribution in [0.4, 0.5) is 10.5 Å². The Labute approximate surface area is 168 Å². The van der Waals surface area contributed by atoms with Crippen LogP contribution in [0.15, 0.2) is 29.2 Å². The summed E-state index contributed by atoms with van der Waals surface area (Å²) in [4.78, 5) is 40.0. The fraction of sp³-hybridized carbons (Fsp3) is 0.450. The topological polar surface area (TPSA) is 76.2 Å². The molecule has 1 aromatic rings. The van der Waals surface area contributed by atoms with Crippen LogP contribution in [0.1, 0.15) is 25.8 Å². The molecule has 1 atom stereocenters. The van der Waals surface area contributed by atoms with E-state index in [0.717, 1.165) is 41.0 Å². The number of esters is 1. The highest BCUT2D eigenvalue weighted by Crippen LogP contribution is 2.32. The molecular formula is C20H24N2O5S. The summed E-state index contributed by atoms with van der Waals surface area (Å²) in [7, 11) is 0. The minimum Gasteiger partial charge on any atom is -0.461 e. The van der Waals surface area contributed by atoms with Crippen LogP contribution in [-0.2, 0) is 19.1 Å². The number of hydrogen-bond donors (Lipinski definition) is 0. The number of morpholine rings is 1. The third-order valence-corrected chi connectivity index (χ3v) is 5.54. The molecule has 3 rings (SSSR count). The monoisotopic (exact) mass is 404 g/mol. The van der Waals surface area contributed by atoms with Crippen molar-refractivity contribution < 1.29 is 23.9 Å². The minimum atomic E-state index is -0.576. The van der Waals surface area contributed by atoms with E-state index >= 15 is 0 Å². The van der Waals surface area contributed by atoms with Crippen LogP contribution < -0.4 is 4.90 Å². The van der Waals surface area contributed by atoms with E-state index in [-0.39, 0.29) is 12.6 Å². The van der Waals surface area contributed by atoms with E-state index in [2.05, 4.69) is 4.90 Å². The Morgan fingerprint density at radius 2 is 1.93 bits per heavy atom. The van der Waals surface area contributed by atoms with Crippen LogP contribution in [0.2, 0.25) is 0 Å². The molecule has 2 amide bonds. The Kier molecular flexibility index (Phi) is 6.74. The summed E-state index contributed by atoms with van der Waals surface area (Å²) >= 11 is 0.839. The van der Waals surface area contributed by atoms with Crippen molar-refractivity contribution in [2.24, 2.45) is 0 Å². The molecule has 0 radical (unpaired) electrons. The molecular weight excluding hydrogens is 380 g/mol. The molecule has 0 spiro atoms. The lowest BCUT2D eigenvalue weighted by atomic mass is 10.1. The molecule has 0 aliphatic carbocycles. The summed E-state index contributed by atoms with van der Waals surface area (Å²) in [5.41, 5.74) is 1.92. The molecule has 8 heteroatoms. The van der Waals surface area contributed by atoms with E-state index in [1.54, 1.807) is 13.0 Å². The molecule has 1 aromatic carbocycles. The number of imide groups is 1. The van der Waals surface area contributed by atoms with Crippen molar-refractivity contribution >= 4 is 40.6 Å². The first kappa shape index (κ1) is 20.4. The molecule has 0 unspecified atom stereocenters. The summed E-state index contributed by atoms with van der Waals surface area (Å²) in [6.07, 6.45) is 2.11. The number of hydrogen-bond acceptors (Lipinski definition) is 7. The highest BCUT2D eigenvalue weighted by molar-refractivity contribution is 8.18. The maximum atomic E-state index is 12.5. The zero-order chi connectivity index (χ0) is 20.1. The Hall–Kier alpha value is -2.32. The van der Waals surface area contributed by atoms with Crippen LogP contribution in [0.5, 0.6) is 0 Å². The summed E-state index contributed by atoms with van der Waals surface area (Å²) in [6, 6.07) is 7.81.